The van der Waals surface area contributed by atoms with Crippen molar-refractivity contribution in [2.24, 2.45) is 17.1 Å². The number of amides is 1. The zero-order valence-corrected chi connectivity index (χ0v) is 12.0. The lowest BCUT2D eigenvalue weighted by molar-refractivity contribution is -0.145. The topological polar surface area (TPSA) is 46.3 Å². The van der Waals surface area contributed by atoms with Crippen molar-refractivity contribution in [1.82, 2.24) is 4.90 Å². The third-order valence-electron chi connectivity index (χ3n) is 4.62. The molecule has 0 aromatic carbocycles. The van der Waals surface area contributed by atoms with Crippen molar-refractivity contribution in [2.45, 2.75) is 59.4 Å². The lowest BCUT2D eigenvalue weighted by Crippen LogP contribution is -2.57. The number of carbonyl (C=O) groups excluding carboxylic acids is 1. The zero-order chi connectivity index (χ0) is 13.3. The lowest BCUT2D eigenvalue weighted by atomic mass is 9.73. The molecule has 0 saturated carbocycles. The van der Waals surface area contributed by atoms with Crippen LogP contribution in [-0.4, -0.2) is 29.4 Å². The molecule has 0 radical (unpaired) electrons. The second kappa shape index (κ2) is 4.97. The fourth-order valence-electron chi connectivity index (χ4n) is 2.22. The summed E-state index contributed by atoms with van der Waals surface area (Å²) >= 11 is 0. The second-order valence-corrected chi connectivity index (χ2v) is 6.49. The van der Waals surface area contributed by atoms with Gasteiger partial charge in [0.1, 0.15) is 0 Å². The molecule has 1 fully saturated rings. The molecule has 0 atom stereocenters. The van der Waals surface area contributed by atoms with Crippen molar-refractivity contribution in [3.05, 3.63) is 0 Å². The quantitative estimate of drug-likeness (QED) is 0.823. The molecule has 1 rings (SSSR count). The summed E-state index contributed by atoms with van der Waals surface area (Å²) < 4.78 is 0. The first-order valence-corrected chi connectivity index (χ1v) is 6.78. The van der Waals surface area contributed by atoms with Crippen molar-refractivity contribution in [1.29, 1.82) is 0 Å². The molecule has 0 aliphatic carbocycles. The van der Waals surface area contributed by atoms with Crippen LogP contribution in [0.25, 0.3) is 0 Å². The van der Waals surface area contributed by atoms with E-state index in [-0.39, 0.29) is 5.91 Å². The summed E-state index contributed by atoms with van der Waals surface area (Å²) in [6.07, 6.45) is 3.51. The standard InChI is InChI=1S/C14H28N2O/c1-6-11-7-9-16(10-8-11)12(17)13(2,3)14(4,5)15/h11H,6-10,15H2,1-5H3. The van der Waals surface area contributed by atoms with E-state index < -0.39 is 11.0 Å². The molecule has 1 heterocycles. The van der Waals surface area contributed by atoms with Crippen LogP contribution in [0, 0.1) is 11.3 Å². The van der Waals surface area contributed by atoms with Gasteiger partial charge in [0.05, 0.1) is 5.41 Å². The molecule has 0 unspecified atom stereocenters. The third kappa shape index (κ3) is 3.01. The van der Waals surface area contributed by atoms with E-state index in [1.54, 1.807) is 0 Å². The Morgan fingerprint density at radius 1 is 1.24 bits per heavy atom. The Kier molecular flexibility index (Phi) is 4.23. The predicted octanol–water partition coefficient (Wildman–Crippen LogP) is 2.40. The lowest BCUT2D eigenvalue weighted by Gasteiger charge is -2.42. The van der Waals surface area contributed by atoms with Gasteiger partial charge in [0.25, 0.3) is 0 Å². The first-order chi connectivity index (χ1) is 7.70. The second-order valence-electron chi connectivity index (χ2n) is 6.49. The minimum Gasteiger partial charge on any atom is -0.342 e. The van der Waals surface area contributed by atoms with E-state index in [1.807, 2.05) is 32.6 Å². The van der Waals surface area contributed by atoms with Crippen molar-refractivity contribution >= 4 is 5.91 Å². The van der Waals surface area contributed by atoms with Gasteiger partial charge in [-0.05, 0) is 46.5 Å². The van der Waals surface area contributed by atoms with Crippen LogP contribution >= 0.6 is 0 Å². The molecule has 1 aliphatic rings. The summed E-state index contributed by atoms with van der Waals surface area (Å²) in [5.74, 6) is 1.01. The number of nitrogens with zero attached hydrogens (tertiary/aromatic N) is 1. The number of nitrogens with two attached hydrogens (primary N) is 1. The molecular weight excluding hydrogens is 212 g/mol. The number of likely N-dealkylation sites (tertiary alicyclic amines) is 1. The fraction of sp³-hybridized carbons (Fsp3) is 0.929. The molecule has 0 aromatic rings. The zero-order valence-electron chi connectivity index (χ0n) is 12.0. The molecule has 1 amide bonds. The molecule has 100 valence electrons. The number of piperidine rings is 1. The van der Waals surface area contributed by atoms with Gasteiger partial charge in [-0.3, -0.25) is 4.79 Å². The van der Waals surface area contributed by atoms with Crippen molar-refractivity contribution in [3.8, 4) is 0 Å². The first-order valence-electron chi connectivity index (χ1n) is 6.78. The largest absolute Gasteiger partial charge is 0.342 e. The summed E-state index contributed by atoms with van der Waals surface area (Å²) in [6.45, 7) is 11.8. The Morgan fingerprint density at radius 2 is 1.71 bits per heavy atom. The fourth-order valence-corrected chi connectivity index (χ4v) is 2.22. The van der Waals surface area contributed by atoms with Crippen LogP contribution in [0.1, 0.15) is 53.9 Å². The monoisotopic (exact) mass is 240 g/mol. The highest BCUT2D eigenvalue weighted by molar-refractivity contribution is 5.83. The smallest absolute Gasteiger partial charge is 0.230 e. The van der Waals surface area contributed by atoms with Gasteiger partial charge in [-0.2, -0.15) is 0 Å². The molecular formula is C14H28N2O. The van der Waals surface area contributed by atoms with E-state index in [1.165, 1.54) is 6.42 Å². The molecule has 3 heteroatoms. The third-order valence-corrected chi connectivity index (χ3v) is 4.62. The molecule has 3 nitrogen and oxygen atoms in total. The van der Waals surface area contributed by atoms with Crippen LogP contribution in [0.15, 0.2) is 0 Å². The number of rotatable bonds is 3. The minimum atomic E-state index is -0.494. The number of carbonyl (C=O) groups is 1. The van der Waals surface area contributed by atoms with Gasteiger partial charge in [0.15, 0.2) is 0 Å². The molecule has 0 bridgehead atoms. The van der Waals surface area contributed by atoms with E-state index in [4.69, 9.17) is 5.73 Å². The highest BCUT2D eigenvalue weighted by Crippen LogP contribution is 2.32. The highest BCUT2D eigenvalue weighted by Gasteiger charge is 2.43. The van der Waals surface area contributed by atoms with Crippen molar-refractivity contribution in [3.63, 3.8) is 0 Å². The minimum absolute atomic E-state index is 0.208. The van der Waals surface area contributed by atoms with Gasteiger partial charge in [-0.1, -0.05) is 13.3 Å². The van der Waals surface area contributed by atoms with Gasteiger partial charge >= 0.3 is 0 Å². The van der Waals surface area contributed by atoms with E-state index in [9.17, 15) is 4.79 Å². The Morgan fingerprint density at radius 3 is 2.06 bits per heavy atom. The Labute approximate surface area is 106 Å². The SMILES string of the molecule is CCC1CCN(C(=O)C(C)(C)C(C)(C)N)CC1. The Hall–Kier alpha value is -0.570. The molecule has 0 spiro atoms. The maximum Gasteiger partial charge on any atom is 0.230 e. The maximum absolute atomic E-state index is 12.5. The maximum atomic E-state index is 12.5. The summed E-state index contributed by atoms with van der Waals surface area (Å²) in [4.78, 5) is 14.5. The number of hydrogen-bond donors (Lipinski definition) is 1. The van der Waals surface area contributed by atoms with E-state index in [0.29, 0.717) is 0 Å². The normalized spacial score (nSPS) is 19.5. The van der Waals surface area contributed by atoms with Gasteiger partial charge < -0.3 is 10.6 Å². The average Bonchev–Trinajstić information content (AvgIpc) is 2.26. The Bertz CT molecular complexity index is 270. The van der Waals surface area contributed by atoms with Crippen LogP contribution in [0.3, 0.4) is 0 Å². The predicted molar refractivity (Wildman–Crippen MR) is 71.6 cm³/mol. The van der Waals surface area contributed by atoms with Crippen LogP contribution in [-0.2, 0) is 4.79 Å². The van der Waals surface area contributed by atoms with Crippen LogP contribution in [0.5, 0.6) is 0 Å². The van der Waals surface area contributed by atoms with Crippen LogP contribution in [0.4, 0.5) is 0 Å². The summed E-state index contributed by atoms with van der Waals surface area (Å²) in [6, 6.07) is 0. The molecule has 0 aromatic heterocycles. The molecule has 1 saturated heterocycles. The van der Waals surface area contributed by atoms with E-state index >= 15 is 0 Å². The van der Waals surface area contributed by atoms with Gasteiger partial charge in [0, 0.05) is 18.6 Å². The van der Waals surface area contributed by atoms with E-state index in [0.717, 1.165) is 31.8 Å². The van der Waals surface area contributed by atoms with Crippen LogP contribution in [0.2, 0.25) is 0 Å². The number of hydrogen-bond acceptors (Lipinski definition) is 2. The molecule has 1 aliphatic heterocycles. The van der Waals surface area contributed by atoms with Crippen molar-refractivity contribution in [2.75, 3.05) is 13.1 Å². The summed E-state index contributed by atoms with van der Waals surface area (Å²) in [5.41, 5.74) is 5.15. The van der Waals surface area contributed by atoms with Gasteiger partial charge in [-0.15, -0.1) is 0 Å². The first kappa shape index (κ1) is 14.5. The van der Waals surface area contributed by atoms with Gasteiger partial charge in [0.2, 0.25) is 5.91 Å². The van der Waals surface area contributed by atoms with Crippen molar-refractivity contribution < 1.29 is 4.79 Å². The Balaban J connectivity index is 2.66. The van der Waals surface area contributed by atoms with Gasteiger partial charge in [-0.25, -0.2) is 0 Å². The molecule has 2 N–H and O–H groups in total. The average molecular weight is 240 g/mol. The highest BCUT2D eigenvalue weighted by atomic mass is 16.2. The summed E-state index contributed by atoms with van der Waals surface area (Å²) in [7, 11) is 0. The molecule has 17 heavy (non-hydrogen) atoms. The van der Waals surface area contributed by atoms with Crippen LogP contribution < -0.4 is 5.73 Å². The van der Waals surface area contributed by atoms with E-state index in [2.05, 4.69) is 6.92 Å². The summed E-state index contributed by atoms with van der Waals surface area (Å²) in [5, 5.41) is 0.